The highest BCUT2D eigenvalue weighted by Gasteiger charge is 2.23. The Balaban J connectivity index is 2.21. The second kappa shape index (κ2) is 3.56. The zero-order chi connectivity index (χ0) is 10.1. The molecule has 0 spiro atoms. The molecule has 1 aliphatic rings. The van der Waals surface area contributed by atoms with E-state index in [0.29, 0.717) is 11.7 Å². The van der Waals surface area contributed by atoms with Gasteiger partial charge in [0.25, 0.3) is 0 Å². The van der Waals surface area contributed by atoms with Crippen molar-refractivity contribution in [3.8, 4) is 0 Å². The lowest BCUT2D eigenvalue weighted by Crippen LogP contribution is -2.18. The van der Waals surface area contributed by atoms with Gasteiger partial charge in [0.05, 0.1) is 5.69 Å². The monoisotopic (exact) mass is 192 g/mol. The number of rotatable bonds is 2. The molecule has 0 saturated heterocycles. The summed E-state index contributed by atoms with van der Waals surface area (Å²) >= 11 is 0. The van der Waals surface area contributed by atoms with Crippen LogP contribution in [0.15, 0.2) is 0 Å². The van der Waals surface area contributed by atoms with E-state index in [-0.39, 0.29) is 0 Å². The Kier molecular flexibility index (Phi) is 2.40. The minimum absolute atomic E-state index is 0.486. The average molecular weight is 192 g/mol. The van der Waals surface area contributed by atoms with Crippen molar-refractivity contribution in [2.75, 3.05) is 0 Å². The summed E-state index contributed by atoms with van der Waals surface area (Å²) in [5, 5.41) is 0. The van der Waals surface area contributed by atoms with Gasteiger partial charge in [0.15, 0.2) is 12.1 Å². The zero-order valence-corrected chi connectivity index (χ0v) is 8.71. The molecule has 0 bridgehead atoms. The summed E-state index contributed by atoms with van der Waals surface area (Å²) in [6.45, 7) is 4.51. The topological polar surface area (TPSA) is 45.8 Å². The molecule has 1 aliphatic carbocycles. The number of aryl methyl sites for hydroxylation is 1. The second-order valence-corrected chi connectivity index (χ2v) is 4.41. The molecule has 3 nitrogen and oxygen atoms in total. The quantitative estimate of drug-likeness (QED) is 0.728. The van der Waals surface area contributed by atoms with Crippen LogP contribution in [0.4, 0.5) is 0 Å². The van der Waals surface area contributed by atoms with Crippen molar-refractivity contribution in [2.45, 2.75) is 33.1 Å². The Morgan fingerprint density at radius 3 is 3.00 bits per heavy atom. The normalized spacial score (nSPS) is 20.9. The van der Waals surface area contributed by atoms with Crippen LogP contribution in [0.5, 0.6) is 0 Å². The predicted octanol–water partition coefficient (Wildman–Crippen LogP) is 1.98. The molecule has 0 radical (unpaired) electrons. The first kappa shape index (κ1) is 9.44. The van der Waals surface area contributed by atoms with Gasteiger partial charge in [-0.05, 0) is 31.1 Å². The van der Waals surface area contributed by atoms with E-state index >= 15 is 0 Å². The fourth-order valence-electron chi connectivity index (χ4n) is 2.15. The molecule has 1 heterocycles. The predicted molar refractivity (Wildman–Crippen MR) is 54.3 cm³/mol. The smallest absolute Gasteiger partial charge is 0.185 e. The van der Waals surface area contributed by atoms with Gasteiger partial charge in [-0.2, -0.15) is 0 Å². The van der Waals surface area contributed by atoms with E-state index in [4.69, 9.17) is 0 Å². The zero-order valence-electron chi connectivity index (χ0n) is 8.71. The maximum absolute atomic E-state index is 10.5. The SMILES string of the molecule is CC(C)C1CCc2nc(C=O)[nH]c2C1. The molecule has 3 heteroatoms. The van der Waals surface area contributed by atoms with E-state index in [9.17, 15) is 4.79 Å². The van der Waals surface area contributed by atoms with E-state index in [1.807, 2.05) is 0 Å². The van der Waals surface area contributed by atoms with Crippen molar-refractivity contribution in [2.24, 2.45) is 11.8 Å². The minimum Gasteiger partial charge on any atom is -0.339 e. The van der Waals surface area contributed by atoms with Gasteiger partial charge < -0.3 is 4.98 Å². The van der Waals surface area contributed by atoms with E-state index in [1.54, 1.807) is 0 Å². The lowest BCUT2D eigenvalue weighted by molar-refractivity contribution is 0.111. The van der Waals surface area contributed by atoms with Crippen LogP contribution < -0.4 is 0 Å². The Morgan fingerprint density at radius 1 is 1.57 bits per heavy atom. The molecular formula is C11H16N2O. The van der Waals surface area contributed by atoms with E-state index in [0.717, 1.165) is 30.7 Å². The van der Waals surface area contributed by atoms with E-state index in [1.165, 1.54) is 12.1 Å². The van der Waals surface area contributed by atoms with Crippen LogP contribution in [-0.2, 0) is 12.8 Å². The molecule has 1 aromatic rings. The van der Waals surface area contributed by atoms with E-state index in [2.05, 4.69) is 23.8 Å². The average Bonchev–Trinajstić information content (AvgIpc) is 2.58. The first-order chi connectivity index (χ1) is 6.70. The standard InChI is InChI=1S/C11H16N2O/c1-7(2)8-3-4-9-10(5-8)13-11(6-14)12-9/h6-8H,3-5H2,1-2H3,(H,12,13). The second-order valence-electron chi connectivity index (χ2n) is 4.41. The van der Waals surface area contributed by atoms with Gasteiger partial charge >= 0.3 is 0 Å². The Labute approximate surface area is 83.9 Å². The van der Waals surface area contributed by atoms with Gasteiger partial charge in [-0.25, -0.2) is 4.98 Å². The highest BCUT2D eigenvalue weighted by Crippen LogP contribution is 2.28. The van der Waals surface area contributed by atoms with Gasteiger partial charge in [0, 0.05) is 5.69 Å². The van der Waals surface area contributed by atoms with Crippen LogP contribution in [0, 0.1) is 11.8 Å². The third kappa shape index (κ3) is 1.59. The molecule has 0 aromatic carbocycles. The van der Waals surface area contributed by atoms with Crippen LogP contribution in [-0.4, -0.2) is 16.3 Å². The lowest BCUT2D eigenvalue weighted by atomic mass is 9.82. The number of hydrogen-bond acceptors (Lipinski definition) is 2. The molecule has 0 aliphatic heterocycles. The van der Waals surface area contributed by atoms with Crippen molar-refractivity contribution < 1.29 is 4.79 Å². The van der Waals surface area contributed by atoms with E-state index < -0.39 is 0 Å². The van der Waals surface area contributed by atoms with Crippen molar-refractivity contribution in [3.05, 3.63) is 17.2 Å². The number of aldehydes is 1. The van der Waals surface area contributed by atoms with Gasteiger partial charge in [-0.3, -0.25) is 4.79 Å². The Hall–Kier alpha value is -1.12. The maximum atomic E-state index is 10.5. The maximum Gasteiger partial charge on any atom is 0.185 e. The fraction of sp³-hybridized carbons (Fsp3) is 0.636. The van der Waals surface area contributed by atoms with Crippen LogP contribution in [0.25, 0.3) is 0 Å². The van der Waals surface area contributed by atoms with Crippen molar-refractivity contribution in [1.29, 1.82) is 0 Å². The first-order valence-electron chi connectivity index (χ1n) is 5.23. The third-order valence-electron chi connectivity index (χ3n) is 3.16. The summed E-state index contributed by atoms with van der Waals surface area (Å²) in [7, 11) is 0. The van der Waals surface area contributed by atoms with Crippen LogP contribution in [0.3, 0.4) is 0 Å². The number of fused-ring (bicyclic) bond motifs is 1. The summed E-state index contributed by atoms with van der Waals surface area (Å²) in [6, 6.07) is 0. The van der Waals surface area contributed by atoms with Crippen molar-refractivity contribution in [1.82, 2.24) is 9.97 Å². The molecule has 1 aromatic heterocycles. The molecule has 1 N–H and O–H groups in total. The molecule has 14 heavy (non-hydrogen) atoms. The van der Waals surface area contributed by atoms with Crippen LogP contribution >= 0.6 is 0 Å². The van der Waals surface area contributed by atoms with Crippen LogP contribution in [0.2, 0.25) is 0 Å². The summed E-state index contributed by atoms with van der Waals surface area (Å²) in [6.07, 6.45) is 4.06. The molecule has 1 atom stereocenters. The van der Waals surface area contributed by atoms with Crippen molar-refractivity contribution in [3.63, 3.8) is 0 Å². The van der Waals surface area contributed by atoms with Crippen LogP contribution in [0.1, 0.15) is 42.3 Å². The molecule has 2 rings (SSSR count). The molecule has 1 unspecified atom stereocenters. The lowest BCUT2D eigenvalue weighted by Gasteiger charge is -2.24. The summed E-state index contributed by atoms with van der Waals surface area (Å²) in [5.41, 5.74) is 2.28. The largest absolute Gasteiger partial charge is 0.339 e. The van der Waals surface area contributed by atoms with Crippen molar-refractivity contribution >= 4 is 6.29 Å². The van der Waals surface area contributed by atoms with Gasteiger partial charge in [-0.15, -0.1) is 0 Å². The number of nitrogens with one attached hydrogen (secondary N) is 1. The number of hydrogen-bond donors (Lipinski definition) is 1. The number of imidazole rings is 1. The molecule has 76 valence electrons. The number of aromatic nitrogens is 2. The number of nitrogens with zero attached hydrogens (tertiary/aromatic N) is 1. The Morgan fingerprint density at radius 2 is 2.36 bits per heavy atom. The number of carbonyl (C=O) groups is 1. The highest BCUT2D eigenvalue weighted by atomic mass is 16.1. The van der Waals surface area contributed by atoms with Gasteiger partial charge in [0.2, 0.25) is 0 Å². The molecular weight excluding hydrogens is 176 g/mol. The summed E-state index contributed by atoms with van der Waals surface area (Å²) in [4.78, 5) is 17.9. The first-order valence-corrected chi connectivity index (χ1v) is 5.23. The molecule has 0 amide bonds. The number of aromatic amines is 1. The molecule has 0 saturated carbocycles. The summed E-state index contributed by atoms with van der Waals surface area (Å²) < 4.78 is 0. The van der Waals surface area contributed by atoms with Gasteiger partial charge in [0.1, 0.15) is 0 Å². The highest BCUT2D eigenvalue weighted by molar-refractivity contribution is 5.69. The molecule has 0 fully saturated rings. The fourth-order valence-corrected chi connectivity index (χ4v) is 2.15. The minimum atomic E-state index is 0.486. The number of carbonyl (C=O) groups excluding carboxylic acids is 1. The third-order valence-corrected chi connectivity index (χ3v) is 3.16. The summed E-state index contributed by atoms with van der Waals surface area (Å²) in [5.74, 6) is 1.94. The Bertz CT molecular complexity index is 341. The number of H-pyrrole nitrogens is 1. The van der Waals surface area contributed by atoms with Gasteiger partial charge in [-0.1, -0.05) is 13.8 Å².